The van der Waals surface area contributed by atoms with E-state index < -0.39 is 0 Å². The number of hydrogen-bond donors (Lipinski definition) is 1. The molecular weight excluding hydrogens is 124 g/mol. The van der Waals surface area contributed by atoms with E-state index in [1.165, 1.54) is 32.2 Å². The Balaban J connectivity index is 1.96. The van der Waals surface area contributed by atoms with E-state index in [0.29, 0.717) is 6.04 Å². The van der Waals surface area contributed by atoms with Crippen molar-refractivity contribution in [1.82, 2.24) is 4.90 Å². The predicted octanol–water partition coefficient (Wildman–Crippen LogP) is 0.572. The van der Waals surface area contributed by atoms with Crippen LogP contribution < -0.4 is 5.73 Å². The lowest BCUT2D eigenvalue weighted by Crippen LogP contribution is -2.45. The van der Waals surface area contributed by atoms with Gasteiger partial charge in [0, 0.05) is 18.6 Å². The van der Waals surface area contributed by atoms with Gasteiger partial charge < -0.3 is 5.73 Å². The number of nitrogens with zero attached hydrogens (tertiary/aromatic N) is 1. The lowest BCUT2D eigenvalue weighted by molar-refractivity contribution is 0.180. The highest BCUT2D eigenvalue weighted by atomic mass is 15.2. The third kappa shape index (κ3) is 1.06. The monoisotopic (exact) mass is 140 g/mol. The van der Waals surface area contributed by atoms with Gasteiger partial charge >= 0.3 is 0 Å². The molecule has 58 valence electrons. The highest BCUT2D eigenvalue weighted by molar-refractivity contribution is 4.87. The molecule has 0 radical (unpaired) electrons. The maximum atomic E-state index is 5.85. The maximum Gasteiger partial charge on any atom is 0.0168 e. The fourth-order valence-electron chi connectivity index (χ4n) is 2.26. The first-order chi connectivity index (χ1) is 4.86. The van der Waals surface area contributed by atoms with Crippen LogP contribution in [0, 0.1) is 0 Å². The average molecular weight is 140 g/mol. The summed E-state index contributed by atoms with van der Waals surface area (Å²) in [5, 5.41) is 0. The molecule has 0 unspecified atom stereocenters. The van der Waals surface area contributed by atoms with Crippen LogP contribution in [0.1, 0.15) is 25.7 Å². The Bertz CT molecular complexity index is 124. The van der Waals surface area contributed by atoms with Gasteiger partial charge in [-0.05, 0) is 32.2 Å². The second-order valence-corrected chi connectivity index (χ2v) is 3.63. The van der Waals surface area contributed by atoms with Gasteiger partial charge in [-0.2, -0.15) is 0 Å². The molecule has 2 atom stereocenters. The fourth-order valence-corrected chi connectivity index (χ4v) is 2.26. The third-order valence-electron chi connectivity index (χ3n) is 2.84. The van der Waals surface area contributed by atoms with E-state index in [-0.39, 0.29) is 0 Å². The van der Waals surface area contributed by atoms with E-state index in [9.17, 15) is 0 Å². The molecule has 2 aliphatic rings. The molecule has 2 rings (SSSR count). The van der Waals surface area contributed by atoms with Crippen LogP contribution in [0.3, 0.4) is 0 Å². The number of nitrogens with two attached hydrogens (primary N) is 1. The normalized spacial score (nSPS) is 41.7. The highest BCUT2D eigenvalue weighted by Gasteiger charge is 2.29. The standard InChI is InChI=1S/C8H16N2/c9-7-3-4-8-2-1-5-10(8)6-7/h7-8H,1-6,9H2/t7-,8-/m1/s1. The molecule has 2 heteroatoms. The van der Waals surface area contributed by atoms with Gasteiger partial charge in [-0.15, -0.1) is 0 Å². The Morgan fingerprint density at radius 3 is 3.00 bits per heavy atom. The first kappa shape index (κ1) is 6.62. The quantitative estimate of drug-likeness (QED) is 0.533. The van der Waals surface area contributed by atoms with Crippen molar-refractivity contribution in [1.29, 1.82) is 0 Å². The molecule has 2 aliphatic heterocycles. The smallest absolute Gasteiger partial charge is 0.0168 e. The van der Waals surface area contributed by atoms with Gasteiger partial charge in [-0.25, -0.2) is 0 Å². The molecule has 0 aromatic heterocycles. The number of fused-ring (bicyclic) bond motifs is 1. The van der Waals surface area contributed by atoms with Crippen molar-refractivity contribution in [2.24, 2.45) is 5.73 Å². The molecule has 0 bridgehead atoms. The molecule has 0 spiro atoms. The van der Waals surface area contributed by atoms with Gasteiger partial charge in [0.25, 0.3) is 0 Å². The van der Waals surface area contributed by atoms with Crippen LogP contribution in [-0.4, -0.2) is 30.1 Å². The second-order valence-electron chi connectivity index (χ2n) is 3.63. The summed E-state index contributed by atoms with van der Waals surface area (Å²) < 4.78 is 0. The number of rotatable bonds is 0. The zero-order valence-electron chi connectivity index (χ0n) is 6.42. The van der Waals surface area contributed by atoms with Gasteiger partial charge in [0.15, 0.2) is 0 Å². The van der Waals surface area contributed by atoms with E-state index in [1.54, 1.807) is 0 Å². The Kier molecular flexibility index (Phi) is 1.66. The molecule has 2 N–H and O–H groups in total. The highest BCUT2D eigenvalue weighted by Crippen LogP contribution is 2.25. The SMILES string of the molecule is N[C@@H]1CC[C@H]2CCCN2C1. The fraction of sp³-hybridized carbons (Fsp3) is 1.00. The predicted molar refractivity (Wildman–Crippen MR) is 41.8 cm³/mol. The zero-order chi connectivity index (χ0) is 6.97. The lowest BCUT2D eigenvalue weighted by atomic mass is 10.00. The number of hydrogen-bond acceptors (Lipinski definition) is 2. The van der Waals surface area contributed by atoms with Gasteiger partial charge in [0.05, 0.1) is 0 Å². The molecule has 0 aromatic carbocycles. The molecule has 0 aliphatic carbocycles. The maximum absolute atomic E-state index is 5.85. The lowest BCUT2D eigenvalue weighted by Gasteiger charge is -2.32. The summed E-state index contributed by atoms with van der Waals surface area (Å²) in [5.74, 6) is 0. The van der Waals surface area contributed by atoms with E-state index in [2.05, 4.69) is 4.90 Å². The van der Waals surface area contributed by atoms with Crippen LogP contribution in [0.15, 0.2) is 0 Å². The van der Waals surface area contributed by atoms with Crippen LogP contribution >= 0.6 is 0 Å². The molecular formula is C8H16N2. The largest absolute Gasteiger partial charge is 0.327 e. The van der Waals surface area contributed by atoms with Crippen LogP contribution in [0.4, 0.5) is 0 Å². The molecule has 0 amide bonds. The first-order valence-corrected chi connectivity index (χ1v) is 4.36. The molecule has 0 aromatic rings. The van der Waals surface area contributed by atoms with Crippen molar-refractivity contribution in [3.8, 4) is 0 Å². The van der Waals surface area contributed by atoms with Crippen molar-refractivity contribution >= 4 is 0 Å². The van der Waals surface area contributed by atoms with E-state index in [1.807, 2.05) is 0 Å². The summed E-state index contributed by atoms with van der Waals surface area (Å²) in [6.45, 7) is 2.46. The topological polar surface area (TPSA) is 29.3 Å². The van der Waals surface area contributed by atoms with Gasteiger partial charge in [-0.1, -0.05) is 0 Å². The van der Waals surface area contributed by atoms with Crippen LogP contribution in [0.2, 0.25) is 0 Å². The Labute approximate surface area is 62.4 Å². The van der Waals surface area contributed by atoms with Crippen molar-refractivity contribution in [3.05, 3.63) is 0 Å². The zero-order valence-corrected chi connectivity index (χ0v) is 6.42. The third-order valence-corrected chi connectivity index (χ3v) is 2.84. The minimum atomic E-state index is 0.467. The summed E-state index contributed by atoms with van der Waals surface area (Å²) in [4.78, 5) is 2.56. The van der Waals surface area contributed by atoms with Gasteiger partial charge in [-0.3, -0.25) is 4.90 Å². The van der Waals surface area contributed by atoms with Gasteiger partial charge in [0.2, 0.25) is 0 Å². The van der Waals surface area contributed by atoms with Gasteiger partial charge in [0.1, 0.15) is 0 Å². The Hall–Kier alpha value is -0.0800. The molecule has 10 heavy (non-hydrogen) atoms. The summed E-state index contributed by atoms with van der Waals surface area (Å²) in [6.07, 6.45) is 5.42. The van der Waals surface area contributed by atoms with Crippen molar-refractivity contribution in [2.45, 2.75) is 37.8 Å². The minimum Gasteiger partial charge on any atom is -0.327 e. The second kappa shape index (κ2) is 2.51. The summed E-state index contributed by atoms with van der Waals surface area (Å²) in [5.41, 5.74) is 5.85. The first-order valence-electron chi connectivity index (χ1n) is 4.36. The molecule has 2 saturated heterocycles. The summed E-state index contributed by atoms with van der Waals surface area (Å²) in [6, 6.07) is 1.37. The number of piperidine rings is 1. The Morgan fingerprint density at radius 2 is 2.10 bits per heavy atom. The summed E-state index contributed by atoms with van der Waals surface area (Å²) in [7, 11) is 0. The van der Waals surface area contributed by atoms with E-state index in [0.717, 1.165) is 12.6 Å². The van der Waals surface area contributed by atoms with E-state index >= 15 is 0 Å². The Morgan fingerprint density at radius 1 is 1.20 bits per heavy atom. The molecule has 2 fully saturated rings. The van der Waals surface area contributed by atoms with E-state index in [4.69, 9.17) is 5.73 Å². The molecule has 2 heterocycles. The average Bonchev–Trinajstić information content (AvgIpc) is 2.33. The molecule has 2 nitrogen and oxygen atoms in total. The van der Waals surface area contributed by atoms with Crippen LogP contribution in [0.5, 0.6) is 0 Å². The van der Waals surface area contributed by atoms with Crippen molar-refractivity contribution < 1.29 is 0 Å². The van der Waals surface area contributed by atoms with Crippen LogP contribution in [0.25, 0.3) is 0 Å². The van der Waals surface area contributed by atoms with Crippen molar-refractivity contribution in [2.75, 3.05) is 13.1 Å². The summed E-state index contributed by atoms with van der Waals surface area (Å²) >= 11 is 0. The van der Waals surface area contributed by atoms with Crippen LogP contribution in [-0.2, 0) is 0 Å². The van der Waals surface area contributed by atoms with Crippen molar-refractivity contribution in [3.63, 3.8) is 0 Å². The minimum absolute atomic E-state index is 0.467. The molecule has 0 saturated carbocycles.